The van der Waals surface area contributed by atoms with Crippen molar-refractivity contribution in [1.82, 2.24) is 4.98 Å². The molecule has 0 spiro atoms. The molecule has 1 unspecified atom stereocenters. The van der Waals surface area contributed by atoms with E-state index < -0.39 is 11.9 Å². The molecule has 1 rings (SSSR count). The lowest BCUT2D eigenvalue weighted by Crippen LogP contribution is -2.06. The third-order valence-corrected chi connectivity index (χ3v) is 1.95. The molecule has 0 bridgehead atoms. The van der Waals surface area contributed by atoms with Gasteiger partial charge >= 0.3 is 5.97 Å². The molecule has 1 atom stereocenters. The summed E-state index contributed by atoms with van der Waals surface area (Å²) in [5.41, 5.74) is 0. The lowest BCUT2D eigenvalue weighted by Gasteiger charge is -2.01. The first-order valence-corrected chi connectivity index (χ1v) is 4.68. The number of aromatic nitrogens is 1. The molecule has 1 aromatic rings. The number of hydrogen-bond acceptors (Lipinski definition) is 3. The molecule has 0 saturated heterocycles. The van der Waals surface area contributed by atoms with E-state index in [2.05, 4.69) is 18.8 Å². The Morgan fingerprint density at radius 1 is 1.57 bits per heavy atom. The van der Waals surface area contributed by atoms with Gasteiger partial charge in [0.25, 0.3) is 0 Å². The molecule has 1 heterocycles. The van der Waals surface area contributed by atoms with Crippen LogP contribution in [0.15, 0.2) is 10.6 Å². The summed E-state index contributed by atoms with van der Waals surface area (Å²) >= 11 is 0. The van der Waals surface area contributed by atoms with Gasteiger partial charge in [0.1, 0.15) is 11.7 Å². The zero-order chi connectivity index (χ0) is 10.7. The van der Waals surface area contributed by atoms with E-state index in [0.29, 0.717) is 17.6 Å². The van der Waals surface area contributed by atoms with Crippen LogP contribution in [0, 0.1) is 5.92 Å². The molecule has 0 radical (unpaired) electrons. The molecule has 1 N–H and O–H groups in total. The van der Waals surface area contributed by atoms with E-state index in [9.17, 15) is 4.79 Å². The van der Waals surface area contributed by atoms with Crippen LogP contribution in [0.3, 0.4) is 0 Å². The molecule has 0 aliphatic heterocycles. The largest absolute Gasteiger partial charge is 0.481 e. The maximum Gasteiger partial charge on any atom is 0.313 e. The first-order valence-electron chi connectivity index (χ1n) is 4.68. The summed E-state index contributed by atoms with van der Waals surface area (Å²) in [6.07, 6.45) is 2.24. The van der Waals surface area contributed by atoms with Crippen molar-refractivity contribution in [2.24, 2.45) is 5.92 Å². The molecule has 0 fully saturated rings. The molecule has 4 heteroatoms. The van der Waals surface area contributed by atoms with E-state index in [0.717, 1.165) is 6.42 Å². The Morgan fingerprint density at radius 3 is 2.71 bits per heavy atom. The fourth-order valence-electron chi connectivity index (χ4n) is 1.09. The van der Waals surface area contributed by atoms with Crippen molar-refractivity contribution in [3.05, 3.63) is 17.8 Å². The van der Waals surface area contributed by atoms with Crippen molar-refractivity contribution in [3.8, 4) is 0 Å². The number of carboxylic acids is 1. The Labute approximate surface area is 83.0 Å². The predicted octanol–water partition coefficient (Wildman–Crippen LogP) is 2.06. The zero-order valence-electron chi connectivity index (χ0n) is 8.65. The lowest BCUT2D eigenvalue weighted by molar-refractivity contribution is -0.138. The molecule has 1 aromatic heterocycles. The second-order valence-electron chi connectivity index (χ2n) is 3.81. The average molecular weight is 197 g/mol. The highest BCUT2D eigenvalue weighted by molar-refractivity contribution is 5.74. The van der Waals surface area contributed by atoms with Gasteiger partial charge in [-0.1, -0.05) is 13.8 Å². The van der Waals surface area contributed by atoms with Gasteiger partial charge in [0.15, 0.2) is 5.89 Å². The quantitative estimate of drug-likeness (QED) is 0.802. The van der Waals surface area contributed by atoms with Crippen LogP contribution >= 0.6 is 0 Å². The fraction of sp³-hybridized carbons (Fsp3) is 0.600. The maximum atomic E-state index is 10.6. The number of hydrogen-bond donors (Lipinski definition) is 1. The Morgan fingerprint density at radius 2 is 2.21 bits per heavy atom. The van der Waals surface area contributed by atoms with Gasteiger partial charge in [-0.15, -0.1) is 0 Å². The third-order valence-electron chi connectivity index (χ3n) is 1.95. The first-order chi connectivity index (χ1) is 6.50. The van der Waals surface area contributed by atoms with Crippen LogP contribution in [0.2, 0.25) is 0 Å². The Kier molecular flexibility index (Phi) is 3.28. The van der Waals surface area contributed by atoms with E-state index >= 15 is 0 Å². The summed E-state index contributed by atoms with van der Waals surface area (Å²) in [6.45, 7) is 5.71. The van der Waals surface area contributed by atoms with Gasteiger partial charge in [-0.3, -0.25) is 4.79 Å². The van der Waals surface area contributed by atoms with Crippen LogP contribution in [0.1, 0.15) is 38.3 Å². The predicted molar refractivity (Wildman–Crippen MR) is 51.1 cm³/mol. The van der Waals surface area contributed by atoms with E-state index in [1.807, 2.05) is 0 Å². The number of oxazole rings is 1. The Hall–Kier alpha value is -1.32. The van der Waals surface area contributed by atoms with Crippen LogP contribution in [0.4, 0.5) is 0 Å². The minimum Gasteiger partial charge on any atom is -0.481 e. The second-order valence-corrected chi connectivity index (χ2v) is 3.81. The Bertz CT molecular complexity index is 317. The summed E-state index contributed by atoms with van der Waals surface area (Å²) in [7, 11) is 0. The molecule has 0 aromatic carbocycles. The number of rotatable bonds is 4. The smallest absolute Gasteiger partial charge is 0.313 e. The normalized spacial score (nSPS) is 13.1. The summed E-state index contributed by atoms with van der Waals surface area (Å²) < 4.78 is 5.33. The molecular weight excluding hydrogens is 182 g/mol. The molecule has 14 heavy (non-hydrogen) atoms. The highest BCUT2D eigenvalue weighted by atomic mass is 16.4. The van der Waals surface area contributed by atoms with Gasteiger partial charge in [-0.05, 0) is 12.8 Å². The van der Waals surface area contributed by atoms with Crippen molar-refractivity contribution >= 4 is 5.97 Å². The summed E-state index contributed by atoms with van der Waals surface area (Å²) in [5.74, 6) is -0.0152. The van der Waals surface area contributed by atoms with Crippen LogP contribution in [-0.4, -0.2) is 16.1 Å². The molecule has 0 aliphatic carbocycles. The average Bonchev–Trinajstić information content (AvgIpc) is 2.50. The fourth-order valence-corrected chi connectivity index (χ4v) is 1.09. The van der Waals surface area contributed by atoms with Gasteiger partial charge in [-0.2, -0.15) is 0 Å². The molecule has 4 nitrogen and oxygen atoms in total. The third kappa shape index (κ3) is 2.58. The van der Waals surface area contributed by atoms with E-state index in [-0.39, 0.29) is 0 Å². The van der Waals surface area contributed by atoms with E-state index in [1.54, 1.807) is 6.92 Å². The molecule has 0 amide bonds. The lowest BCUT2D eigenvalue weighted by atomic mass is 10.1. The Balaban J connectivity index is 2.72. The molecule has 0 aliphatic rings. The van der Waals surface area contributed by atoms with E-state index in [1.165, 1.54) is 6.20 Å². The molecule has 78 valence electrons. The molecule has 0 saturated carbocycles. The van der Waals surface area contributed by atoms with E-state index in [4.69, 9.17) is 9.52 Å². The standard InChI is InChI=1S/C10H15NO3/c1-6(2)4-9-11-5-8(14-9)7(3)10(12)13/h5-7H,4H2,1-3H3,(H,12,13). The molecular formula is C10H15NO3. The zero-order valence-corrected chi connectivity index (χ0v) is 8.65. The van der Waals surface area contributed by atoms with Crippen molar-refractivity contribution < 1.29 is 14.3 Å². The van der Waals surface area contributed by atoms with Crippen LogP contribution < -0.4 is 0 Å². The first kappa shape index (κ1) is 10.8. The van der Waals surface area contributed by atoms with Crippen molar-refractivity contribution in [1.29, 1.82) is 0 Å². The van der Waals surface area contributed by atoms with Gasteiger partial charge in [0.05, 0.1) is 6.20 Å². The highest BCUT2D eigenvalue weighted by Crippen LogP contribution is 2.17. The van der Waals surface area contributed by atoms with Gasteiger partial charge in [-0.25, -0.2) is 4.98 Å². The van der Waals surface area contributed by atoms with Crippen molar-refractivity contribution in [2.75, 3.05) is 0 Å². The van der Waals surface area contributed by atoms with Crippen LogP contribution in [0.5, 0.6) is 0 Å². The highest BCUT2D eigenvalue weighted by Gasteiger charge is 2.18. The SMILES string of the molecule is CC(C)Cc1ncc(C(C)C(=O)O)o1. The van der Waals surface area contributed by atoms with Gasteiger partial charge < -0.3 is 9.52 Å². The summed E-state index contributed by atoms with van der Waals surface area (Å²) in [5, 5.41) is 8.74. The minimum absolute atomic E-state index is 0.424. The minimum atomic E-state index is -0.891. The van der Waals surface area contributed by atoms with Crippen molar-refractivity contribution in [2.45, 2.75) is 33.1 Å². The number of carboxylic acid groups (broad SMARTS) is 1. The van der Waals surface area contributed by atoms with Crippen LogP contribution in [0.25, 0.3) is 0 Å². The summed E-state index contributed by atoms with van der Waals surface area (Å²) in [4.78, 5) is 14.7. The number of carbonyl (C=O) groups is 1. The number of aliphatic carboxylic acids is 1. The van der Waals surface area contributed by atoms with Gasteiger partial charge in [0, 0.05) is 6.42 Å². The number of nitrogens with zero attached hydrogens (tertiary/aromatic N) is 1. The maximum absolute atomic E-state index is 10.6. The topological polar surface area (TPSA) is 63.3 Å². The second kappa shape index (κ2) is 4.26. The van der Waals surface area contributed by atoms with Gasteiger partial charge in [0.2, 0.25) is 0 Å². The van der Waals surface area contributed by atoms with Crippen molar-refractivity contribution in [3.63, 3.8) is 0 Å². The van der Waals surface area contributed by atoms with Crippen LogP contribution in [-0.2, 0) is 11.2 Å². The monoisotopic (exact) mass is 197 g/mol. The summed E-state index contributed by atoms with van der Waals surface area (Å²) in [6, 6.07) is 0.